The summed E-state index contributed by atoms with van der Waals surface area (Å²) in [6.07, 6.45) is -0.803. The second kappa shape index (κ2) is 8.22. The number of alkyl halides is 3. The molecule has 3 aromatic rings. The summed E-state index contributed by atoms with van der Waals surface area (Å²) in [5.41, 5.74) is 2.11. The summed E-state index contributed by atoms with van der Waals surface area (Å²) in [5, 5.41) is 6.39. The Kier molecular flexibility index (Phi) is 5.48. The van der Waals surface area contributed by atoms with Crippen LogP contribution in [0.25, 0.3) is 5.69 Å². The molecular weight excluding hydrogens is 393 g/mol. The van der Waals surface area contributed by atoms with Crippen molar-refractivity contribution in [2.75, 3.05) is 18.0 Å². The Balaban J connectivity index is 1.35. The average Bonchev–Trinajstić information content (AvgIpc) is 3.44. The fourth-order valence-corrected chi connectivity index (χ4v) is 3.47. The minimum absolute atomic E-state index is 0.249. The highest BCUT2D eigenvalue weighted by molar-refractivity contribution is 5.94. The number of hydrogen-bond acceptors (Lipinski definition) is 3. The lowest BCUT2D eigenvalue weighted by Crippen LogP contribution is -2.23. The van der Waals surface area contributed by atoms with Crippen LogP contribution in [-0.2, 0) is 12.7 Å². The second-order valence-electron chi connectivity index (χ2n) is 7.23. The number of nitrogens with one attached hydrogen (secondary N) is 1. The Hall–Kier alpha value is -3.29. The van der Waals surface area contributed by atoms with Crippen molar-refractivity contribution in [2.24, 2.45) is 0 Å². The standard InChI is InChI=1S/C22H21F3N4O/c23-22(24,25)20-11-14-29(27-20)19-9-5-17(6-10-19)21(30)26-15-16-3-7-18(8-4-16)28-12-1-2-13-28/h3-11,14H,1-2,12-13,15H2,(H,26,30). The van der Waals surface area contributed by atoms with Crippen LogP contribution in [-0.4, -0.2) is 28.8 Å². The number of amides is 1. The topological polar surface area (TPSA) is 50.2 Å². The third-order valence-corrected chi connectivity index (χ3v) is 5.13. The van der Waals surface area contributed by atoms with Gasteiger partial charge < -0.3 is 10.2 Å². The van der Waals surface area contributed by atoms with E-state index in [1.54, 1.807) is 24.3 Å². The van der Waals surface area contributed by atoms with Crippen molar-refractivity contribution in [3.63, 3.8) is 0 Å². The summed E-state index contributed by atoms with van der Waals surface area (Å²) >= 11 is 0. The first-order chi connectivity index (χ1) is 14.4. The van der Waals surface area contributed by atoms with Crippen LogP contribution in [0.4, 0.5) is 18.9 Å². The van der Waals surface area contributed by atoms with Crippen LogP contribution in [0, 0.1) is 0 Å². The fraction of sp³-hybridized carbons (Fsp3) is 0.273. The number of benzene rings is 2. The SMILES string of the molecule is O=C(NCc1ccc(N2CCCC2)cc1)c1ccc(-n2ccc(C(F)(F)F)n2)cc1. The van der Waals surface area contributed by atoms with E-state index < -0.39 is 11.9 Å². The lowest BCUT2D eigenvalue weighted by molar-refractivity contribution is -0.141. The number of rotatable bonds is 5. The van der Waals surface area contributed by atoms with Gasteiger partial charge in [-0.2, -0.15) is 18.3 Å². The molecule has 1 aliphatic rings. The highest BCUT2D eigenvalue weighted by Crippen LogP contribution is 2.28. The van der Waals surface area contributed by atoms with Gasteiger partial charge in [0.15, 0.2) is 5.69 Å². The van der Waals surface area contributed by atoms with E-state index in [0.29, 0.717) is 17.8 Å². The molecule has 1 aromatic heterocycles. The van der Waals surface area contributed by atoms with Gasteiger partial charge in [-0.25, -0.2) is 4.68 Å². The second-order valence-corrected chi connectivity index (χ2v) is 7.23. The first kappa shape index (κ1) is 20.0. The minimum Gasteiger partial charge on any atom is -0.372 e. The molecule has 0 aliphatic carbocycles. The molecule has 4 rings (SSSR count). The molecule has 1 amide bonds. The van der Waals surface area contributed by atoms with Gasteiger partial charge in [0, 0.05) is 37.1 Å². The maximum Gasteiger partial charge on any atom is 0.435 e. The molecule has 2 heterocycles. The zero-order chi connectivity index (χ0) is 21.1. The Morgan fingerprint density at radius 1 is 0.933 bits per heavy atom. The van der Waals surface area contributed by atoms with Gasteiger partial charge in [0.05, 0.1) is 5.69 Å². The molecule has 1 fully saturated rings. The normalized spacial score (nSPS) is 14.2. The molecule has 0 unspecified atom stereocenters. The number of hydrogen-bond donors (Lipinski definition) is 1. The van der Waals surface area contributed by atoms with Gasteiger partial charge >= 0.3 is 6.18 Å². The third kappa shape index (κ3) is 4.48. The molecule has 1 N–H and O–H groups in total. The molecule has 0 saturated carbocycles. The molecule has 0 bridgehead atoms. The smallest absolute Gasteiger partial charge is 0.372 e. The molecule has 0 spiro atoms. The van der Waals surface area contributed by atoms with Crippen molar-refractivity contribution in [1.82, 2.24) is 15.1 Å². The first-order valence-corrected chi connectivity index (χ1v) is 9.75. The van der Waals surface area contributed by atoms with E-state index in [1.807, 2.05) is 12.1 Å². The van der Waals surface area contributed by atoms with E-state index in [1.165, 1.54) is 24.7 Å². The Morgan fingerprint density at radius 3 is 2.17 bits per heavy atom. The van der Waals surface area contributed by atoms with E-state index in [0.717, 1.165) is 29.4 Å². The molecule has 30 heavy (non-hydrogen) atoms. The predicted octanol–water partition coefficient (Wildman–Crippen LogP) is 4.42. The summed E-state index contributed by atoms with van der Waals surface area (Å²) in [4.78, 5) is 14.7. The van der Waals surface area contributed by atoms with Gasteiger partial charge in [0.1, 0.15) is 0 Å². The quantitative estimate of drug-likeness (QED) is 0.672. The Bertz CT molecular complexity index is 1000. The van der Waals surface area contributed by atoms with E-state index >= 15 is 0 Å². The van der Waals surface area contributed by atoms with Crippen LogP contribution >= 0.6 is 0 Å². The van der Waals surface area contributed by atoms with Gasteiger partial charge in [-0.1, -0.05) is 12.1 Å². The van der Waals surface area contributed by atoms with Crippen molar-refractivity contribution in [2.45, 2.75) is 25.6 Å². The van der Waals surface area contributed by atoms with Crippen molar-refractivity contribution >= 4 is 11.6 Å². The van der Waals surface area contributed by atoms with Crippen LogP contribution in [0.3, 0.4) is 0 Å². The van der Waals surface area contributed by atoms with E-state index in [2.05, 4.69) is 27.4 Å². The maximum absolute atomic E-state index is 12.7. The number of halogens is 3. The lowest BCUT2D eigenvalue weighted by Gasteiger charge is -2.17. The van der Waals surface area contributed by atoms with Gasteiger partial charge in [-0.05, 0) is 60.9 Å². The van der Waals surface area contributed by atoms with Gasteiger partial charge in [0.2, 0.25) is 0 Å². The lowest BCUT2D eigenvalue weighted by atomic mass is 10.1. The molecular formula is C22H21F3N4O. The summed E-state index contributed by atoms with van der Waals surface area (Å²) in [5.74, 6) is -0.249. The molecule has 156 valence electrons. The molecule has 2 aromatic carbocycles. The summed E-state index contributed by atoms with van der Waals surface area (Å²) < 4.78 is 39.2. The van der Waals surface area contributed by atoms with Crippen LogP contribution in [0.5, 0.6) is 0 Å². The van der Waals surface area contributed by atoms with Crippen molar-refractivity contribution < 1.29 is 18.0 Å². The first-order valence-electron chi connectivity index (χ1n) is 9.75. The van der Waals surface area contributed by atoms with Gasteiger partial charge in [-0.3, -0.25) is 4.79 Å². The minimum atomic E-state index is -4.49. The molecule has 1 saturated heterocycles. The Labute approximate surface area is 172 Å². The molecule has 0 atom stereocenters. The average molecular weight is 414 g/mol. The predicted molar refractivity (Wildman–Crippen MR) is 108 cm³/mol. The zero-order valence-corrected chi connectivity index (χ0v) is 16.2. The molecule has 0 radical (unpaired) electrons. The third-order valence-electron chi connectivity index (χ3n) is 5.13. The van der Waals surface area contributed by atoms with Crippen LogP contribution < -0.4 is 10.2 Å². The fourth-order valence-electron chi connectivity index (χ4n) is 3.47. The highest BCUT2D eigenvalue weighted by atomic mass is 19.4. The van der Waals surface area contributed by atoms with E-state index in [9.17, 15) is 18.0 Å². The van der Waals surface area contributed by atoms with Crippen LogP contribution in [0.15, 0.2) is 60.8 Å². The number of carbonyl (C=O) groups excluding carboxylic acids is 1. The number of carbonyl (C=O) groups is 1. The Morgan fingerprint density at radius 2 is 1.57 bits per heavy atom. The van der Waals surface area contributed by atoms with E-state index in [4.69, 9.17) is 0 Å². The van der Waals surface area contributed by atoms with Crippen LogP contribution in [0.2, 0.25) is 0 Å². The summed E-state index contributed by atoms with van der Waals surface area (Å²) in [7, 11) is 0. The van der Waals surface area contributed by atoms with Gasteiger partial charge in [0.25, 0.3) is 5.91 Å². The summed E-state index contributed by atoms with van der Waals surface area (Å²) in [6.45, 7) is 2.57. The van der Waals surface area contributed by atoms with Crippen molar-refractivity contribution in [3.8, 4) is 5.69 Å². The van der Waals surface area contributed by atoms with Crippen molar-refractivity contribution in [1.29, 1.82) is 0 Å². The summed E-state index contributed by atoms with van der Waals surface area (Å²) in [6, 6.07) is 15.3. The zero-order valence-electron chi connectivity index (χ0n) is 16.2. The maximum atomic E-state index is 12.7. The monoisotopic (exact) mass is 414 g/mol. The highest BCUT2D eigenvalue weighted by Gasteiger charge is 2.33. The number of anilines is 1. The molecule has 1 aliphatic heterocycles. The molecule has 5 nitrogen and oxygen atoms in total. The van der Waals surface area contributed by atoms with Gasteiger partial charge in [-0.15, -0.1) is 0 Å². The van der Waals surface area contributed by atoms with E-state index in [-0.39, 0.29) is 5.91 Å². The molecule has 8 heteroatoms. The van der Waals surface area contributed by atoms with Crippen molar-refractivity contribution in [3.05, 3.63) is 77.6 Å². The largest absolute Gasteiger partial charge is 0.435 e. The number of nitrogens with zero attached hydrogens (tertiary/aromatic N) is 3. The van der Waals surface area contributed by atoms with Crippen LogP contribution in [0.1, 0.15) is 34.5 Å². The number of aromatic nitrogens is 2.